The van der Waals surface area contributed by atoms with Gasteiger partial charge in [-0.1, -0.05) is 19.4 Å². The zero-order chi connectivity index (χ0) is 10.3. The third kappa shape index (κ3) is 4.90. The fourth-order valence-electron chi connectivity index (χ4n) is 1.09. The second kappa shape index (κ2) is 6.92. The van der Waals surface area contributed by atoms with Gasteiger partial charge in [-0.2, -0.15) is 0 Å². The van der Waals surface area contributed by atoms with Crippen LogP contribution in [0.5, 0.6) is 0 Å². The molecule has 0 aliphatic heterocycles. The minimum atomic E-state index is -0.809. The van der Waals surface area contributed by atoms with E-state index in [1.807, 2.05) is 13.8 Å². The highest BCUT2D eigenvalue weighted by Gasteiger charge is 2.23. The molecule has 3 unspecified atom stereocenters. The van der Waals surface area contributed by atoms with Gasteiger partial charge >= 0.3 is 0 Å². The molecule has 2 N–H and O–H groups in total. The molecule has 0 aromatic carbocycles. The van der Waals surface area contributed by atoms with Crippen LogP contribution in [0.25, 0.3) is 0 Å². The highest BCUT2D eigenvalue weighted by molar-refractivity contribution is 4.77. The Labute approximate surface area is 80.0 Å². The van der Waals surface area contributed by atoms with Crippen molar-refractivity contribution in [3.63, 3.8) is 0 Å². The van der Waals surface area contributed by atoms with Crippen molar-refractivity contribution in [2.45, 2.75) is 51.9 Å². The summed E-state index contributed by atoms with van der Waals surface area (Å²) in [5.41, 5.74) is 0. The Morgan fingerprint density at radius 1 is 1.38 bits per heavy atom. The van der Waals surface area contributed by atoms with Crippen LogP contribution in [0.15, 0.2) is 12.3 Å². The van der Waals surface area contributed by atoms with E-state index in [0.29, 0.717) is 0 Å². The second-order valence-electron chi connectivity index (χ2n) is 3.16. The number of hydrogen-bond donors (Lipinski definition) is 2. The molecule has 0 radical (unpaired) electrons. The van der Waals surface area contributed by atoms with Gasteiger partial charge in [-0.05, 0) is 20.3 Å². The normalized spacial score (nSPS) is 18.5. The van der Waals surface area contributed by atoms with Crippen LogP contribution in [-0.4, -0.2) is 28.5 Å². The fraction of sp³-hybridized carbons (Fsp3) is 0.800. The number of aliphatic hydroxyl groups excluding tert-OH is 2. The first-order valence-corrected chi connectivity index (χ1v) is 4.76. The summed E-state index contributed by atoms with van der Waals surface area (Å²) < 4.78 is 5.26. The molecule has 78 valence electrons. The molecule has 0 aromatic rings. The van der Waals surface area contributed by atoms with Crippen molar-refractivity contribution in [1.82, 2.24) is 0 Å². The highest BCUT2D eigenvalue weighted by atomic mass is 16.5. The topological polar surface area (TPSA) is 49.7 Å². The molecule has 0 aromatic heterocycles. The van der Waals surface area contributed by atoms with Gasteiger partial charge < -0.3 is 14.9 Å². The van der Waals surface area contributed by atoms with Crippen LogP contribution in [0, 0.1) is 0 Å². The predicted octanol–water partition coefficient (Wildman–Crippen LogP) is 1.45. The van der Waals surface area contributed by atoms with Crippen molar-refractivity contribution in [3.05, 3.63) is 12.3 Å². The Morgan fingerprint density at radius 2 is 2.00 bits per heavy atom. The van der Waals surface area contributed by atoms with Crippen molar-refractivity contribution >= 4 is 0 Å². The maximum Gasteiger partial charge on any atom is 0.126 e. The third-order valence-electron chi connectivity index (χ3n) is 1.84. The highest BCUT2D eigenvalue weighted by Crippen LogP contribution is 2.11. The van der Waals surface area contributed by atoms with Gasteiger partial charge in [-0.25, -0.2) is 0 Å². The van der Waals surface area contributed by atoms with E-state index in [1.165, 1.54) is 0 Å². The van der Waals surface area contributed by atoms with Gasteiger partial charge in [0.1, 0.15) is 12.2 Å². The minimum Gasteiger partial charge on any atom is -0.496 e. The van der Waals surface area contributed by atoms with E-state index < -0.39 is 12.2 Å². The fourth-order valence-corrected chi connectivity index (χ4v) is 1.09. The van der Waals surface area contributed by atoms with E-state index in [9.17, 15) is 5.11 Å². The van der Waals surface area contributed by atoms with Crippen LogP contribution >= 0.6 is 0 Å². The van der Waals surface area contributed by atoms with E-state index in [2.05, 4.69) is 0 Å². The first-order chi connectivity index (χ1) is 6.13. The zero-order valence-corrected chi connectivity index (χ0v) is 8.60. The molecule has 0 aliphatic carbocycles. The van der Waals surface area contributed by atoms with Gasteiger partial charge in [-0.3, -0.25) is 0 Å². The lowest BCUT2D eigenvalue weighted by Crippen LogP contribution is -2.36. The molecule has 0 aliphatic rings. The van der Waals surface area contributed by atoms with Crippen LogP contribution in [0.1, 0.15) is 33.6 Å². The Hall–Kier alpha value is -0.540. The lowest BCUT2D eigenvalue weighted by atomic mass is 10.1. The maximum atomic E-state index is 9.54. The average molecular weight is 188 g/mol. The van der Waals surface area contributed by atoms with Gasteiger partial charge in [0.05, 0.1) is 12.4 Å². The first kappa shape index (κ1) is 12.5. The standard InChI is InChI=1S/C10H20O3/c1-4-6-9(13-7-5-2)10(12)8(3)11/h5,7-12H,4,6H2,1-3H3. The van der Waals surface area contributed by atoms with Crippen LogP contribution in [0.4, 0.5) is 0 Å². The SMILES string of the molecule is CC=COC(CCC)C(O)C(C)O. The molecule has 0 saturated carbocycles. The molecule has 3 nitrogen and oxygen atoms in total. The van der Waals surface area contributed by atoms with E-state index in [0.717, 1.165) is 12.8 Å². The molecule has 0 saturated heterocycles. The van der Waals surface area contributed by atoms with Crippen LogP contribution < -0.4 is 0 Å². The maximum absolute atomic E-state index is 9.54. The third-order valence-corrected chi connectivity index (χ3v) is 1.84. The zero-order valence-electron chi connectivity index (χ0n) is 8.60. The summed E-state index contributed by atoms with van der Waals surface area (Å²) in [5.74, 6) is 0. The van der Waals surface area contributed by atoms with Crippen molar-refractivity contribution in [2.75, 3.05) is 0 Å². The summed E-state index contributed by atoms with van der Waals surface area (Å²) >= 11 is 0. The minimum absolute atomic E-state index is 0.304. The summed E-state index contributed by atoms with van der Waals surface area (Å²) in [4.78, 5) is 0. The van der Waals surface area contributed by atoms with Gasteiger partial charge in [0, 0.05) is 0 Å². The molecular formula is C10H20O3. The van der Waals surface area contributed by atoms with Gasteiger partial charge in [0.25, 0.3) is 0 Å². The molecule has 0 spiro atoms. The van der Waals surface area contributed by atoms with E-state index >= 15 is 0 Å². The van der Waals surface area contributed by atoms with E-state index in [4.69, 9.17) is 9.84 Å². The quantitative estimate of drug-likeness (QED) is 0.620. The lowest BCUT2D eigenvalue weighted by molar-refractivity contribution is -0.0598. The Morgan fingerprint density at radius 3 is 2.38 bits per heavy atom. The molecule has 0 bridgehead atoms. The van der Waals surface area contributed by atoms with E-state index in [-0.39, 0.29) is 6.10 Å². The predicted molar refractivity (Wildman–Crippen MR) is 52.3 cm³/mol. The van der Waals surface area contributed by atoms with Crippen molar-refractivity contribution in [3.8, 4) is 0 Å². The first-order valence-electron chi connectivity index (χ1n) is 4.76. The molecular weight excluding hydrogens is 168 g/mol. The van der Waals surface area contributed by atoms with Crippen LogP contribution in [0.2, 0.25) is 0 Å². The number of aliphatic hydroxyl groups is 2. The molecule has 3 heteroatoms. The molecule has 0 fully saturated rings. The van der Waals surface area contributed by atoms with Gasteiger partial charge in [0.15, 0.2) is 0 Å². The van der Waals surface area contributed by atoms with Crippen molar-refractivity contribution < 1.29 is 14.9 Å². The lowest BCUT2D eigenvalue weighted by Gasteiger charge is -2.23. The largest absolute Gasteiger partial charge is 0.496 e. The van der Waals surface area contributed by atoms with Crippen molar-refractivity contribution in [1.29, 1.82) is 0 Å². The van der Waals surface area contributed by atoms with Gasteiger partial charge in [-0.15, -0.1) is 0 Å². The molecule has 0 heterocycles. The Kier molecular flexibility index (Phi) is 6.63. The van der Waals surface area contributed by atoms with Crippen molar-refractivity contribution in [2.24, 2.45) is 0 Å². The number of rotatable bonds is 6. The number of ether oxygens (including phenoxy) is 1. The van der Waals surface area contributed by atoms with Gasteiger partial charge in [0.2, 0.25) is 0 Å². The molecule has 0 rings (SSSR count). The molecule has 3 atom stereocenters. The Bertz CT molecular complexity index is 143. The summed E-state index contributed by atoms with van der Waals surface area (Å²) in [6.07, 6.45) is 3.12. The Balaban J connectivity index is 4.05. The smallest absolute Gasteiger partial charge is 0.126 e. The molecule has 0 amide bonds. The second-order valence-corrected chi connectivity index (χ2v) is 3.16. The van der Waals surface area contributed by atoms with Crippen LogP contribution in [-0.2, 0) is 4.74 Å². The van der Waals surface area contributed by atoms with E-state index in [1.54, 1.807) is 19.3 Å². The summed E-state index contributed by atoms with van der Waals surface area (Å²) in [6.45, 7) is 5.42. The average Bonchev–Trinajstić information content (AvgIpc) is 2.11. The summed E-state index contributed by atoms with van der Waals surface area (Å²) in [5, 5.41) is 18.7. The summed E-state index contributed by atoms with van der Waals surface area (Å²) in [7, 11) is 0. The monoisotopic (exact) mass is 188 g/mol. The summed E-state index contributed by atoms with van der Waals surface area (Å²) in [6, 6.07) is 0. The molecule has 13 heavy (non-hydrogen) atoms. The number of allylic oxidation sites excluding steroid dienone is 1. The number of hydrogen-bond acceptors (Lipinski definition) is 3. The van der Waals surface area contributed by atoms with Crippen LogP contribution in [0.3, 0.4) is 0 Å².